The lowest BCUT2D eigenvalue weighted by atomic mass is 9.95. The molecular formula is C20H27N3O5S. The molecule has 0 aliphatic heterocycles. The number of hydrogen-bond donors (Lipinski definition) is 2. The first kappa shape index (κ1) is 22.6. The van der Waals surface area contributed by atoms with Crippen LogP contribution < -0.4 is 14.8 Å². The second-order valence-corrected chi connectivity index (χ2v) is 8.83. The Morgan fingerprint density at radius 3 is 2.45 bits per heavy atom. The monoisotopic (exact) mass is 421 g/mol. The maximum absolute atomic E-state index is 12.0. The molecule has 2 aromatic rings. The van der Waals surface area contributed by atoms with Crippen LogP contribution in [0.25, 0.3) is 0 Å². The number of nitro benzene ring substituents is 1. The zero-order chi connectivity index (χ0) is 21.6. The van der Waals surface area contributed by atoms with E-state index in [1.54, 1.807) is 0 Å². The van der Waals surface area contributed by atoms with E-state index in [4.69, 9.17) is 4.74 Å². The van der Waals surface area contributed by atoms with Crippen molar-refractivity contribution in [3.8, 4) is 5.75 Å². The van der Waals surface area contributed by atoms with E-state index in [-0.39, 0.29) is 22.3 Å². The predicted octanol–water partition coefficient (Wildman–Crippen LogP) is 4.10. The molecule has 0 spiro atoms. The zero-order valence-electron chi connectivity index (χ0n) is 17.0. The second-order valence-electron chi connectivity index (χ2n) is 6.94. The van der Waals surface area contributed by atoms with Crippen molar-refractivity contribution in [1.29, 1.82) is 0 Å². The Labute approximate surface area is 171 Å². The molecule has 0 bridgehead atoms. The third kappa shape index (κ3) is 5.68. The molecule has 8 nitrogen and oxygen atoms in total. The number of benzene rings is 2. The molecule has 0 radical (unpaired) electrons. The van der Waals surface area contributed by atoms with Gasteiger partial charge in [-0.3, -0.25) is 10.1 Å². The van der Waals surface area contributed by atoms with Crippen molar-refractivity contribution in [3.05, 3.63) is 58.1 Å². The average molecular weight is 422 g/mol. The van der Waals surface area contributed by atoms with Crippen molar-refractivity contribution in [1.82, 2.24) is 4.72 Å². The van der Waals surface area contributed by atoms with E-state index in [2.05, 4.69) is 23.9 Å². The lowest BCUT2D eigenvalue weighted by Gasteiger charge is -2.24. The number of sulfonamides is 1. The molecule has 0 amide bonds. The van der Waals surface area contributed by atoms with Crippen molar-refractivity contribution >= 4 is 21.4 Å². The first-order valence-electron chi connectivity index (χ1n) is 9.39. The van der Waals surface area contributed by atoms with Gasteiger partial charge in [0.25, 0.3) is 5.69 Å². The molecule has 0 aromatic heterocycles. The third-order valence-corrected chi connectivity index (χ3v) is 5.79. The summed E-state index contributed by atoms with van der Waals surface area (Å²) in [5.74, 6) is 1.02. The van der Waals surface area contributed by atoms with Crippen LogP contribution in [0, 0.1) is 16.0 Å². The van der Waals surface area contributed by atoms with Crippen LogP contribution in [0.3, 0.4) is 0 Å². The van der Waals surface area contributed by atoms with Crippen LogP contribution in [0.2, 0.25) is 0 Å². The van der Waals surface area contributed by atoms with Crippen molar-refractivity contribution < 1.29 is 18.1 Å². The molecule has 0 heterocycles. The van der Waals surface area contributed by atoms with Gasteiger partial charge >= 0.3 is 0 Å². The molecule has 0 saturated carbocycles. The van der Waals surface area contributed by atoms with Crippen molar-refractivity contribution in [2.75, 3.05) is 19.0 Å². The van der Waals surface area contributed by atoms with Gasteiger partial charge in [-0.1, -0.05) is 32.0 Å². The normalized spacial score (nSPS) is 12.6. The van der Waals surface area contributed by atoms with E-state index in [0.29, 0.717) is 24.7 Å². The van der Waals surface area contributed by atoms with E-state index in [0.717, 1.165) is 11.6 Å². The lowest BCUT2D eigenvalue weighted by Crippen LogP contribution is -2.19. The number of nitrogens with one attached hydrogen (secondary N) is 2. The summed E-state index contributed by atoms with van der Waals surface area (Å²) in [6, 6.07) is 11.2. The van der Waals surface area contributed by atoms with Gasteiger partial charge in [-0.2, -0.15) is 0 Å². The fourth-order valence-electron chi connectivity index (χ4n) is 3.05. The topological polar surface area (TPSA) is 111 Å². The highest BCUT2D eigenvalue weighted by Gasteiger charge is 2.24. The maximum atomic E-state index is 12.0. The van der Waals surface area contributed by atoms with Gasteiger partial charge in [-0.05, 0) is 44.5 Å². The standard InChI is InChI=1S/C20H27N3O5S/c1-5-28-20-9-7-6-8-16(20)18(12-14(2)3)22-17-11-10-15(29(26,27)21-4)13-19(17)23(24)25/h6-11,13-14,18,21-22H,5,12H2,1-4H3. The zero-order valence-corrected chi connectivity index (χ0v) is 17.8. The van der Waals surface area contributed by atoms with Gasteiger partial charge in [0.1, 0.15) is 11.4 Å². The summed E-state index contributed by atoms with van der Waals surface area (Å²) in [4.78, 5) is 10.9. The Hall–Kier alpha value is -2.65. The van der Waals surface area contributed by atoms with Crippen molar-refractivity contribution in [2.45, 2.75) is 38.1 Å². The van der Waals surface area contributed by atoms with E-state index in [1.165, 1.54) is 19.2 Å². The summed E-state index contributed by atoms with van der Waals surface area (Å²) in [6.07, 6.45) is 0.706. The number of nitrogens with zero attached hydrogens (tertiary/aromatic N) is 1. The fourth-order valence-corrected chi connectivity index (χ4v) is 3.80. The lowest BCUT2D eigenvalue weighted by molar-refractivity contribution is -0.384. The first-order chi connectivity index (χ1) is 13.7. The summed E-state index contributed by atoms with van der Waals surface area (Å²) in [7, 11) is -2.53. The highest BCUT2D eigenvalue weighted by Crippen LogP contribution is 2.36. The minimum absolute atomic E-state index is 0.160. The smallest absolute Gasteiger partial charge is 0.293 e. The van der Waals surface area contributed by atoms with Gasteiger partial charge in [0.15, 0.2) is 0 Å². The molecule has 2 aromatic carbocycles. The minimum Gasteiger partial charge on any atom is -0.494 e. The van der Waals surface area contributed by atoms with Crippen LogP contribution in [-0.4, -0.2) is 27.0 Å². The molecule has 9 heteroatoms. The maximum Gasteiger partial charge on any atom is 0.293 e. The van der Waals surface area contributed by atoms with Crippen LogP contribution in [-0.2, 0) is 10.0 Å². The summed E-state index contributed by atoms with van der Waals surface area (Å²) in [6.45, 7) is 6.53. The van der Waals surface area contributed by atoms with Crippen LogP contribution in [0.15, 0.2) is 47.4 Å². The van der Waals surface area contributed by atoms with E-state index < -0.39 is 14.9 Å². The number of anilines is 1. The molecule has 0 aliphatic carbocycles. The van der Waals surface area contributed by atoms with E-state index in [1.807, 2.05) is 31.2 Å². The quantitative estimate of drug-likeness (QED) is 0.441. The van der Waals surface area contributed by atoms with Crippen LogP contribution in [0.4, 0.5) is 11.4 Å². The summed E-state index contributed by atoms with van der Waals surface area (Å²) in [5, 5.41) is 14.9. The van der Waals surface area contributed by atoms with Gasteiger partial charge in [0.05, 0.1) is 22.5 Å². The Kier molecular flexibility index (Phi) is 7.58. The first-order valence-corrected chi connectivity index (χ1v) is 10.9. The van der Waals surface area contributed by atoms with Crippen LogP contribution in [0.5, 0.6) is 5.75 Å². The number of ether oxygens (including phenoxy) is 1. The molecule has 0 aliphatic rings. The van der Waals surface area contributed by atoms with Crippen LogP contribution >= 0.6 is 0 Å². The number of hydrogen-bond acceptors (Lipinski definition) is 6. The molecule has 1 unspecified atom stereocenters. The Morgan fingerprint density at radius 1 is 1.17 bits per heavy atom. The highest BCUT2D eigenvalue weighted by molar-refractivity contribution is 7.89. The molecule has 2 N–H and O–H groups in total. The van der Waals surface area contributed by atoms with Gasteiger partial charge < -0.3 is 10.1 Å². The van der Waals surface area contributed by atoms with Crippen molar-refractivity contribution in [2.24, 2.45) is 5.92 Å². The second kappa shape index (κ2) is 9.71. The summed E-state index contributed by atoms with van der Waals surface area (Å²) >= 11 is 0. The van der Waals surface area contributed by atoms with Gasteiger partial charge in [0, 0.05) is 11.6 Å². The van der Waals surface area contributed by atoms with Gasteiger partial charge in [-0.15, -0.1) is 0 Å². The molecule has 29 heavy (non-hydrogen) atoms. The molecule has 2 rings (SSSR count). The summed E-state index contributed by atoms with van der Waals surface area (Å²) in [5.41, 5.74) is 0.843. The Morgan fingerprint density at radius 2 is 1.86 bits per heavy atom. The minimum atomic E-state index is -3.79. The Bertz CT molecular complexity index is 960. The number of nitro groups is 1. The van der Waals surface area contributed by atoms with Crippen molar-refractivity contribution in [3.63, 3.8) is 0 Å². The molecule has 158 valence electrons. The predicted molar refractivity (Wildman–Crippen MR) is 113 cm³/mol. The average Bonchev–Trinajstić information content (AvgIpc) is 2.67. The Balaban J connectivity index is 2.50. The fraction of sp³-hybridized carbons (Fsp3) is 0.400. The van der Waals surface area contributed by atoms with Crippen LogP contribution in [0.1, 0.15) is 38.8 Å². The highest BCUT2D eigenvalue weighted by atomic mass is 32.2. The molecule has 0 saturated heterocycles. The summed E-state index contributed by atoms with van der Waals surface area (Å²) < 4.78 is 31.9. The third-order valence-electron chi connectivity index (χ3n) is 4.38. The molecule has 0 fully saturated rings. The van der Waals surface area contributed by atoms with Gasteiger partial charge in [0.2, 0.25) is 10.0 Å². The largest absolute Gasteiger partial charge is 0.494 e. The molecular weight excluding hydrogens is 394 g/mol. The van der Waals surface area contributed by atoms with E-state index in [9.17, 15) is 18.5 Å². The SMILES string of the molecule is CCOc1ccccc1C(CC(C)C)Nc1ccc(S(=O)(=O)NC)cc1[N+](=O)[O-]. The van der Waals surface area contributed by atoms with Gasteiger partial charge in [-0.25, -0.2) is 13.1 Å². The number of para-hydroxylation sites is 1. The molecule has 1 atom stereocenters. The van der Waals surface area contributed by atoms with E-state index >= 15 is 0 Å². The number of rotatable bonds is 10.